The summed E-state index contributed by atoms with van der Waals surface area (Å²) in [6.45, 7) is 7.79. The number of rotatable bonds is 4. The van der Waals surface area contributed by atoms with Gasteiger partial charge in [-0.15, -0.1) is 0 Å². The Bertz CT molecular complexity index is 1350. The molecule has 4 nitrogen and oxygen atoms in total. The molecule has 1 atom stereocenters. The maximum Gasteiger partial charge on any atom is 0.109 e. The summed E-state index contributed by atoms with van der Waals surface area (Å²) in [4.78, 5) is 11.8. The van der Waals surface area contributed by atoms with E-state index in [1.807, 2.05) is 18.3 Å². The van der Waals surface area contributed by atoms with Gasteiger partial charge in [0.1, 0.15) is 6.10 Å². The number of pyridine rings is 1. The summed E-state index contributed by atoms with van der Waals surface area (Å²) >= 11 is 12.7. The number of likely N-dealkylation sites (tertiary alicyclic amines) is 1. The molecule has 0 N–H and O–H groups in total. The minimum absolute atomic E-state index is 0.154. The number of aromatic nitrogens is 1. The summed E-state index contributed by atoms with van der Waals surface area (Å²) in [6.07, 6.45) is 3.73. The fraction of sp³-hybridized carbons (Fsp3) is 0.333. The van der Waals surface area contributed by atoms with Gasteiger partial charge >= 0.3 is 0 Å². The van der Waals surface area contributed by atoms with Gasteiger partial charge in [0.2, 0.25) is 0 Å². The van der Waals surface area contributed by atoms with Crippen molar-refractivity contribution in [3.05, 3.63) is 104 Å². The minimum atomic E-state index is -0.285. The van der Waals surface area contributed by atoms with Crippen LogP contribution in [0, 0.1) is 0 Å². The van der Waals surface area contributed by atoms with E-state index in [-0.39, 0.29) is 11.7 Å². The van der Waals surface area contributed by atoms with Gasteiger partial charge in [-0.25, -0.2) is 0 Å². The summed E-state index contributed by atoms with van der Waals surface area (Å²) in [5, 5.41) is 1.27. The fourth-order valence-electron chi connectivity index (χ4n) is 5.98. The van der Waals surface area contributed by atoms with Gasteiger partial charge in [-0.3, -0.25) is 14.9 Å². The van der Waals surface area contributed by atoms with Crippen molar-refractivity contribution in [1.29, 1.82) is 0 Å². The van der Waals surface area contributed by atoms with Crippen LogP contribution < -0.4 is 0 Å². The molecular weight excluding hydrogens is 489 g/mol. The molecule has 0 saturated carbocycles. The Labute approximate surface area is 222 Å². The van der Waals surface area contributed by atoms with Crippen LogP contribution in [0.4, 0.5) is 0 Å². The first kappa shape index (κ1) is 23.9. The number of nitrogens with zero attached hydrogens (tertiary/aromatic N) is 3. The fourth-order valence-corrected chi connectivity index (χ4v) is 6.52. The van der Waals surface area contributed by atoms with Gasteiger partial charge in [0.05, 0.1) is 17.8 Å². The van der Waals surface area contributed by atoms with Gasteiger partial charge in [0.25, 0.3) is 0 Å². The van der Waals surface area contributed by atoms with Crippen LogP contribution in [0.15, 0.2) is 71.4 Å². The lowest BCUT2D eigenvalue weighted by molar-refractivity contribution is -0.0979. The van der Waals surface area contributed by atoms with E-state index in [1.54, 1.807) is 6.07 Å². The third-order valence-electron chi connectivity index (χ3n) is 7.77. The second kappa shape index (κ2) is 9.42. The highest BCUT2D eigenvalue weighted by Gasteiger charge is 2.47. The van der Waals surface area contributed by atoms with Crippen molar-refractivity contribution in [1.82, 2.24) is 9.88 Å². The second-order valence-electron chi connectivity index (χ2n) is 10.2. The molecule has 1 saturated heterocycles. The van der Waals surface area contributed by atoms with Gasteiger partial charge in [-0.1, -0.05) is 53.5 Å². The molecule has 6 heteroatoms. The molecule has 0 aliphatic carbocycles. The SMILES string of the molecule is CC1=NCC(C)=C1c1ccc(CN2CCC3(CC2)OC(c2cc(Cl)cc(Cl)c2)c2ccccc23)nc1. The molecule has 0 radical (unpaired) electrons. The highest BCUT2D eigenvalue weighted by molar-refractivity contribution is 6.34. The van der Waals surface area contributed by atoms with E-state index in [9.17, 15) is 0 Å². The zero-order valence-electron chi connectivity index (χ0n) is 20.6. The Morgan fingerprint density at radius 2 is 1.75 bits per heavy atom. The van der Waals surface area contributed by atoms with Gasteiger partial charge in [0, 0.05) is 52.7 Å². The Hall–Kier alpha value is -2.50. The van der Waals surface area contributed by atoms with Crippen LogP contribution in [0.3, 0.4) is 0 Å². The minimum Gasteiger partial charge on any atom is -0.358 e. The zero-order chi connectivity index (χ0) is 24.9. The molecule has 3 aliphatic rings. The van der Waals surface area contributed by atoms with E-state index in [1.165, 1.54) is 22.3 Å². The smallest absolute Gasteiger partial charge is 0.109 e. The zero-order valence-corrected chi connectivity index (χ0v) is 22.1. The third-order valence-corrected chi connectivity index (χ3v) is 8.21. The maximum absolute atomic E-state index is 6.87. The van der Waals surface area contributed by atoms with Gasteiger partial charge in [-0.05, 0) is 73.2 Å². The maximum atomic E-state index is 6.87. The highest BCUT2D eigenvalue weighted by atomic mass is 35.5. The molecule has 184 valence electrons. The number of piperidine rings is 1. The first-order chi connectivity index (χ1) is 17.4. The lowest BCUT2D eigenvalue weighted by atomic mass is 9.83. The van der Waals surface area contributed by atoms with Gasteiger partial charge in [-0.2, -0.15) is 0 Å². The van der Waals surface area contributed by atoms with E-state index in [2.05, 4.69) is 60.1 Å². The summed E-state index contributed by atoms with van der Waals surface area (Å²) < 4.78 is 6.87. The lowest BCUT2D eigenvalue weighted by Crippen LogP contribution is -2.42. The van der Waals surface area contributed by atoms with E-state index < -0.39 is 0 Å². The van der Waals surface area contributed by atoms with Crippen LogP contribution in [-0.2, 0) is 16.9 Å². The molecule has 36 heavy (non-hydrogen) atoms. The molecule has 1 fully saturated rings. The first-order valence-corrected chi connectivity index (χ1v) is 13.3. The second-order valence-corrected chi connectivity index (χ2v) is 11.0. The van der Waals surface area contributed by atoms with Crippen molar-refractivity contribution < 1.29 is 4.74 Å². The lowest BCUT2D eigenvalue weighted by Gasteiger charge is -2.39. The average Bonchev–Trinajstić information content (AvgIpc) is 3.38. The number of aliphatic imine (C=N–C) groups is 1. The molecule has 1 unspecified atom stereocenters. The summed E-state index contributed by atoms with van der Waals surface area (Å²) in [6, 6.07) is 18.6. The molecule has 1 aromatic heterocycles. The van der Waals surface area contributed by atoms with Crippen molar-refractivity contribution >= 4 is 34.5 Å². The summed E-state index contributed by atoms with van der Waals surface area (Å²) in [5.41, 5.74) is 9.18. The van der Waals surface area contributed by atoms with Gasteiger partial charge < -0.3 is 4.74 Å². The molecule has 6 rings (SSSR count). The van der Waals surface area contributed by atoms with Crippen molar-refractivity contribution in [3.63, 3.8) is 0 Å². The Kier molecular flexibility index (Phi) is 6.25. The predicted octanol–water partition coefficient (Wildman–Crippen LogP) is 7.25. The third kappa shape index (κ3) is 4.31. The monoisotopic (exact) mass is 517 g/mol. The molecule has 3 aliphatic heterocycles. The van der Waals surface area contributed by atoms with E-state index in [0.29, 0.717) is 10.0 Å². The van der Waals surface area contributed by atoms with Crippen molar-refractivity contribution in [3.8, 4) is 0 Å². The van der Waals surface area contributed by atoms with Crippen LogP contribution in [0.25, 0.3) is 5.57 Å². The highest BCUT2D eigenvalue weighted by Crippen LogP contribution is 2.51. The number of halogens is 2. The van der Waals surface area contributed by atoms with E-state index in [0.717, 1.165) is 61.6 Å². The quantitative estimate of drug-likeness (QED) is 0.365. The molecule has 1 spiro atoms. The number of fused-ring (bicyclic) bond motifs is 2. The largest absolute Gasteiger partial charge is 0.358 e. The molecule has 4 heterocycles. The van der Waals surface area contributed by atoms with Crippen molar-refractivity contribution in [2.75, 3.05) is 19.6 Å². The summed E-state index contributed by atoms with van der Waals surface area (Å²) in [7, 11) is 0. The Morgan fingerprint density at radius 3 is 2.42 bits per heavy atom. The Morgan fingerprint density at radius 1 is 1.00 bits per heavy atom. The van der Waals surface area contributed by atoms with Crippen LogP contribution in [0.1, 0.15) is 60.7 Å². The van der Waals surface area contributed by atoms with Crippen LogP contribution in [0.5, 0.6) is 0 Å². The number of benzene rings is 2. The normalized spacial score (nSPS) is 21.2. The standard InChI is InChI=1S/C30H29Cl2N3O/c1-19-16-33-20(2)28(19)21-7-8-25(34-17-21)18-35-11-9-30(10-12-35)27-6-4-3-5-26(27)29(36-30)22-13-23(31)15-24(32)14-22/h3-8,13-15,17,29H,9-12,16,18H2,1-2H3. The average molecular weight is 518 g/mol. The van der Waals surface area contributed by atoms with E-state index in [4.69, 9.17) is 32.9 Å². The molecule has 2 aromatic carbocycles. The predicted molar refractivity (Wildman–Crippen MR) is 147 cm³/mol. The van der Waals surface area contributed by atoms with Gasteiger partial charge in [0.15, 0.2) is 0 Å². The van der Waals surface area contributed by atoms with Crippen LogP contribution in [-0.4, -0.2) is 35.2 Å². The number of hydrogen-bond acceptors (Lipinski definition) is 4. The molecule has 0 bridgehead atoms. The number of ether oxygens (including phenoxy) is 1. The van der Waals surface area contributed by atoms with Crippen LogP contribution in [0.2, 0.25) is 10.0 Å². The van der Waals surface area contributed by atoms with E-state index >= 15 is 0 Å². The van der Waals surface area contributed by atoms with Crippen LogP contribution >= 0.6 is 23.2 Å². The molecule has 0 amide bonds. The summed E-state index contributed by atoms with van der Waals surface area (Å²) in [5.74, 6) is 0. The first-order valence-electron chi connectivity index (χ1n) is 12.5. The van der Waals surface area contributed by atoms with Crippen molar-refractivity contribution in [2.45, 2.75) is 44.9 Å². The molecule has 3 aromatic rings. The number of allylic oxidation sites excluding steroid dienone is 1. The Balaban J connectivity index is 1.17. The topological polar surface area (TPSA) is 37.7 Å². The molecular formula is C30H29Cl2N3O. The number of hydrogen-bond donors (Lipinski definition) is 0. The van der Waals surface area contributed by atoms with Crippen molar-refractivity contribution in [2.24, 2.45) is 4.99 Å².